The number of hydrogen-bond donors (Lipinski definition) is 2. The Morgan fingerprint density at radius 2 is 2.29 bits per heavy atom. The van der Waals surface area contributed by atoms with Crippen molar-refractivity contribution in [3.8, 4) is 5.75 Å². The van der Waals surface area contributed by atoms with Gasteiger partial charge in [0.15, 0.2) is 0 Å². The molecular formula is C15H19Cl2NO2S. The van der Waals surface area contributed by atoms with Gasteiger partial charge in [0.1, 0.15) is 10.8 Å². The maximum Gasteiger partial charge on any atom is 0.144 e. The minimum atomic E-state index is -0.589. The van der Waals surface area contributed by atoms with E-state index < -0.39 is 5.60 Å². The van der Waals surface area contributed by atoms with Gasteiger partial charge in [0, 0.05) is 23.9 Å². The molecule has 21 heavy (non-hydrogen) atoms. The van der Waals surface area contributed by atoms with Gasteiger partial charge in [-0.05, 0) is 31.1 Å². The van der Waals surface area contributed by atoms with Gasteiger partial charge in [-0.25, -0.2) is 0 Å². The van der Waals surface area contributed by atoms with E-state index in [2.05, 4.69) is 5.32 Å². The Balaban J connectivity index is 1.78. The van der Waals surface area contributed by atoms with Crippen molar-refractivity contribution in [1.29, 1.82) is 0 Å². The summed E-state index contributed by atoms with van der Waals surface area (Å²) in [7, 11) is 0. The lowest BCUT2D eigenvalue weighted by Gasteiger charge is -2.26. The van der Waals surface area contributed by atoms with Crippen molar-refractivity contribution in [2.24, 2.45) is 0 Å². The fourth-order valence-electron chi connectivity index (χ4n) is 2.85. The van der Waals surface area contributed by atoms with Gasteiger partial charge in [-0.3, -0.25) is 0 Å². The lowest BCUT2D eigenvalue weighted by atomic mass is 9.99. The highest BCUT2D eigenvalue weighted by Gasteiger charge is 2.33. The van der Waals surface area contributed by atoms with E-state index in [0.29, 0.717) is 28.9 Å². The quantitative estimate of drug-likeness (QED) is 0.875. The van der Waals surface area contributed by atoms with Crippen molar-refractivity contribution in [3.63, 3.8) is 0 Å². The van der Waals surface area contributed by atoms with Crippen LogP contribution in [-0.4, -0.2) is 35.4 Å². The molecule has 2 unspecified atom stereocenters. The highest BCUT2D eigenvalue weighted by atomic mass is 35.5. The summed E-state index contributed by atoms with van der Waals surface area (Å²) < 4.78 is 5.76. The molecule has 6 heteroatoms. The van der Waals surface area contributed by atoms with Crippen LogP contribution in [0.4, 0.5) is 0 Å². The summed E-state index contributed by atoms with van der Waals surface area (Å²) in [6.07, 6.45) is 2.77. The molecular weight excluding hydrogens is 329 g/mol. The van der Waals surface area contributed by atoms with Crippen molar-refractivity contribution in [2.75, 3.05) is 24.7 Å². The average molecular weight is 348 g/mol. The van der Waals surface area contributed by atoms with Crippen LogP contribution in [0.25, 0.3) is 0 Å². The van der Waals surface area contributed by atoms with Gasteiger partial charge in [0.2, 0.25) is 0 Å². The number of hydrogen-bond acceptors (Lipinski definition) is 4. The second-order valence-corrected chi connectivity index (χ2v) is 7.62. The molecule has 0 saturated carbocycles. The monoisotopic (exact) mass is 347 g/mol. The SMILES string of the molecule is OC1(CNC2CCCOc3c2ccc(Cl)c3Cl)CCSC1. The molecule has 3 nitrogen and oxygen atoms in total. The van der Waals surface area contributed by atoms with Crippen molar-refractivity contribution < 1.29 is 9.84 Å². The van der Waals surface area contributed by atoms with E-state index >= 15 is 0 Å². The zero-order valence-corrected chi connectivity index (χ0v) is 14.0. The number of thioether (sulfide) groups is 1. The van der Waals surface area contributed by atoms with E-state index in [1.54, 1.807) is 0 Å². The Kier molecular flexibility index (Phi) is 4.91. The van der Waals surface area contributed by atoms with Crippen LogP contribution in [0.1, 0.15) is 30.9 Å². The van der Waals surface area contributed by atoms with E-state index in [-0.39, 0.29) is 6.04 Å². The molecule has 1 fully saturated rings. The molecule has 0 bridgehead atoms. The standard InChI is InChI=1S/C15H19Cl2NO2S/c16-11-4-3-10-12(2-1-6-20-14(10)13(11)17)18-8-15(19)5-7-21-9-15/h3-4,12,18-19H,1-2,5-9H2. The third-order valence-corrected chi connectivity index (χ3v) is 6.12. The smallest absolute Gasteiger partial charge is 0.144 e. The van der Waals surface area contributed by atoms with E-state index in [1.165, 1.54) is 0 Å². The van der Waals surface area contributed by atoms with Crippen LogP contribution in [0.3, 0.4) is 0 Å². The first-order valence-electron chi connectivity index (χ1n) is 7.23. The average Bonchev–Trinajstić information content (AvgIpc) is 2.79. The predicted molar refractivity (Wildman–Crippen MR) is 88.8 cm³/mol. The Labute approximate surface area is 139 Å². The summed E-state index contributed by atoms with van der Waals surface area (Å²) in [6.45, 7) is 1.25. The molecule has 2 aliphatic rings. The molecule has 1 aromatic rings. The van der Waals surface area contributed by atoms with E-state index in [1.807, 2.05) is 23.9 Å². The van der Waals surface area contributed by atoms with Gasteiger partial charge in [0.25, 0.3) is 0 Å². The Hall–Kier alpha value is -0.130. The summed E-state index contributed by atoms with van der Waals surface area (Å²) in [5, 5.41) is 15.0. The fraction of sp³-hybridized carbons (Fsp3) is 0.600. The molecule has 1 aromatic carbocycles. The lowest BCUT2D eigenvalue weighted by molar-refractivity contribution is 0.0642. The number of rotatable bonds is 3. The maximum atomic E-state index is 10.5. The van der Waals surface area contributed by atoms with Crippen LogP contribution < -0.4 is 10.1 Å². The molecule has 2 N–H and O–H groups in total. The summed E-state index contributed by atoms with van der Waals surface area (Å²) in [5.41, 5.74) is 0.449. The predicted octanol–water partition coefficient (Wildman–Crippen LogP) is 3.66. The molecule has 2 aliphatic heterocycles. The third-order valence-electron chi connectivity index (χ3n) is 4.10. The highest BCUT2D eigenvalue weighted by molar-refractivity contribution is 7.99. The first-order valence-corrected chi connectivity index (χ1v) is 9.14. The molecule has 3 rings (SSSR count). The van der Waals surface area contributed by atoms with Gasteiger partial charge in [-0.1, -0.05) is 29.3 Å². The number of halogens is 2. The number of ether oxygens (including phenoxy) is 1. The summed E-state index contributed by atoms with van der Waals surface area (Å²) >= 11 is 14.1. The first kappa shape index (κ1) is 15.8. The van der Waals surface area contributed by atoms with Crippen LogP contribution in [0.2, 0.25) is 10.0 Å². The maximum absolute atomic E-state index is 10.5. The minimum absolute atomic E-state index is 0.145. The van der Waals surface area contributed by atoms with Crippen LogP contribution in [0.5, 0.6) is 5.75 Å². The first-order chi connectivity index (χ1) is 10.1. The van der Waals surface area contributed by atoms with Gasteiger partial charge in [0.05, 0.1) is 17.2 Å². The zero-order chi connectivity index (χ0) is 14.9. The highest BCUT2D eigenvalue weighted by Crippen LogP contribution is 2.41. The molecule has 2 heterocycles. The largest absolute Gasteiger partial charge is 0.492 e. The molecule has 2 atom stereocenters. The molecule has 0 amide bonds. The lowest BCUT2D eigenvalue weighted by Crippen LogP contribution is -2.41. The number of fused-ring (bicyclic) bond motifs is 1. The Bertz CT molecular complexity index is 521. The van der Waals surface area contributed by atoms with E-state index in [4.69, 9.17) is 27.9 Å². The van der Waals surface area contributed by atoms with Crippen molar-refractivity contribution in [2.45, 2.75) is 30.9 Å². The number of benzene rings is 1. The summed E-state index contributed by atoms with van der Waals surface area (Å²) in [5.74, 6) is 2.52. The van der Waals surface area contributed by atoms with E-state index in [9.17, 15) is 5.11 Å². The molecule has 0 aromatic heterocycles. The van der Waals surface area contributed by atoms with Crippen molar-refractivity contribution in [3.05, 3.63) is 27.7 Å². The molecule has 0 spiro atoms. The number of nitrogens with one attached hydrogen (secondary N) is 1. The molecule has 0 aliphatic carbocycles. The van der Waals surface area contributed by atoms with Crippen LogP contribution >= 0.6 is 35.0 Å². The molecule has 116 valence electrons. The fourth-order valence-corrected chi connectivity index (χ4v) is 4.52. The minimum Gasteiger partial charge on any atom is -0.492 e. The zero-order valence-electron chi connectivity index (χ0n) is 11.7. The second-order valence-electron chi connectivity index (χ2n) is 5.73. The van der Waals surface area contributed by atoms with Gasteiger partial charge in [-0.15, -0.1) is 0 Å². The molecule has 0 radical (unpaired) electrons. The third kappa shape index (κ3) is 3.45. The van der Waals surface area contributed by atoms with Crippen LogP contribution in [0.15, 0.2) is 12.1 Å². The summed E-state index contributed by atoms with van der Waals surface area (Å²) in [6, 6.07) is 3.93. The summed E-state index contributed by atoms with van der Waals surface area (Å²) in [4.78, 5) is 0. The van der Waals surface area contributed by atoms with Gasteiger partial charge < -0.3 is 15.2 Å². The van der Waals surface area contributed by atoms with Crippen molar-refractivity contribution >= 4 is 35.0 Å². The topological polar surface area (TPSA) is 41.5 Å². The van der Waals surface area contributed by atoms with Crippen LogP contribution in [0, 0.1) is 0 Å². The van der Waals surface area contributed by atoms with Crippen molar-refractivity contribution in [1.82, 2.24) is 5.32 Å². The van der Waals surface area contributed by atoms with Gasteiger partial charge >= 0.3 is 0 Å². The molecule has 1 saturated heterocycles. The van der Waals surface area contributed by atoms with Gasteiger partial charge in [-0.2, -0.15) is 11.8 Å². The Morgan fingerprint density at radius 1 is 1.43 bits per heavy atom. The number of aliphatic hydroxyl groups is 1. The Morgan fingerprint density at radius 3 is 3.05 bits per heavy atom. The normalized spacial score (nSPS) is 28.8. The van der Waals surface area contributed by atoms with Crippen LogP contribution in [-0.2, 0) is 0 Å². The van der Waals surface area contributed by atoms with E-state index in [0.717, 1.165) is 36.3 Å². The second kappa shape index (κ2) is 6.55.